The lowest BCUT2D eigenvalue weighted by Gasteiger charge is -2.10. The number of benzene rings is 3. The van der Waals surface area contributed by atoms with Crippen LogP contribution in [0.25, 0.3) is 39.6 Å². The first-order chi connectivity index (χ1) is 18.4. The second kappa shape index (κ2) is 9.17. The molecule has 1 aliphatic heterocycles. The average Bonchev–Trinajstić information content (AvgIpc) is 3.64. The van der Waals surface area contributed by atoms with Crippen LogP contribution in [0.2, 0.25) is 5.02 Å². The van der Waals surface area contributed by atoms with Crippen molar-refractivity contribution in [3.8, 4) is 27.9 Å². The van der Waals surface area contributed by atoms with Gasteiger partial charge in [0.2, 0.25) is 0 Å². The summed E-state index contributed by atoms with van der Waals surface area (Å²) in [6.07, 6.45) is 4.84. The quantitative estimate of drug-likeness (QED) is 0.285. The SMILES string of the molecule is Cn1c(/C=C2\C(=O)Nc3cc(Cl)c(-c4ccc(-c5ccc(-n6cncn6)cc5)cc4)cc32)ccc1C(=O)O. The third kappa shape index (κ3) is 4.07. The van der Waals surface area contributed by atoms with Gasteiger partial charge in [-0.05, 0) is 59.2 Å². The molecule has 8 nitrogen and oxygen atoms in total. The Hall–Kier alpha value is -4.95. The van der Waals surface area contributed by atoms with E-state index < -0.39 is 5.97 Å². The number of aromatic carboxylic acids is 1. The smallest absolute Gasteiger partial charge is 0.352 e. The zero-order valence-electron chi connectivity index (χ0n) is 20.1. The molecule has 6 rings (SSSR count). The molecule has 1 aliphatic rings. The summed E-state index contributed by atoms with van der Waals surface area (Å²) in [6, 6.07) is 22.9. The van der Waals surface area contributed by atoms with Crippen molar-refractivity contribution < 1.29 is 14.7 Å². The highest BCUT2D eigenvalue weighted by molar-refractivity contribution is 6.38. The maximum Gasteiger partial charge on any atom is 0.352 e. The molecule has 0 unspecified atom stereocenters. The van der Waals surface area contributed by atoms with E-state index in [-0.39, 0.29) is 11.6 Å². The van der Waals surface area contributed by atoms with Crippen LogP contribution >= 0.6 is 11.6 Å². The van der Waals surface area contributed by atoms with Crippen LogP contribution in [0.1, 0.15) is 21.7 Å². The second-order valence-electron chi connectivity index (χ2n) is 8.86. The Bertz CT molecular complexity index is 1730. The van der Waals surface area contributed by atoms with Crippen LogP contribution in [0, 0.1) is 0 Å². The molecule has 3 heterocycles. The maximum absolute atomic E-state index is 12.8. The first-order valence-corrected chi connectivity index (χ1v) is 12.1. The molecule has 0 saturated heterocycles. The second-order valence-corrected chi connectivity index (χ2v) is 9.27. The first-order valence-electron chi connectivity index (χ1n) is 11.7. The Morgan fingerprint density at radius 3 is 2.26 bits per heavy atom. The van der Waals surface area contributed by atoms with E-state index in [4.69, 9.17) is 11.6 Å². The number of nitrogens with zero attached hydrogens (tertiary/aromatic N) is 4. The van der Waals surface area contributed by atoms with Gasteiger partial charge in [-0.2, -0.15) is 5.10 Å². The lowest BCUT2D eigenvalue weighted by Crippen LogP contribution is -2.06. The van der Waals surface area contributed by atoms with Crippen molar-refractivity contribution in [2.45, 2.75) is 0 Å². The van der Waals surface area contributed by atoms with Gasteiger partial charge in [0.15, 0.2) is 0 Å². The van der Waals surface area contributed by atoms with Crippen molar-refractivity contribution in [2.24, 2.45) is 7.05 Å². The molecule has 38 heavy (non-hydrogen) atoms. The molecule has 0 atom stereocenters. The third-order valence-electron chi connectivity index (χ3n) is 6.64. The summed E-state index contributed by atoms with van der Waals surface area (Å²) in [5.74, 6) is -1.30. The maximum atomic E-state index is 12.8. The Morgan fingerprint density at radius 1 is 0.947 bits per heavy atom. The summed E-state index contributed by atoms with van der Waals surface area (Å²) in [4.78, 5) is 28.2. The summed E-state index contributed by atoms with van der Waals surface area (Å²) in [5, 5.41) is 16.9. The monoisotopic (exact) mass is 521 g/mol. The molecular weight excluding hydrogens is 502 g/mol. The molecule has 0 bridgehead atoms. The Balaban J connectivity index is 1.32. The normalized spacial score (nSPS) is 13.5. The lowest BCUT2D eigenvalue weighted by molar-refractivity contribution is -0.110. The van der Waals surface area contributed by atoms with E-state index in [2.05, 4.69) is 15.4 Å². The van der Waals surface area contributed by atoms with Gasteiger partial charge in [0.25, 0.3) is 5.91 Å². The van der Waals surface area contributed by atoms with Crippen molar-refractivity contribution >= 4 is 40.8 Å². The fourth-order valence-corrected chi connectivity index (χ4v) is 4.87. The lowest BCUT2D eigenvalue weighted by atomic mass is 9.96. The molecule has 0 saturated carbocycles. The van der Waals surface area contributed by atoms with E-state index in [0.29, 0.717) is 27.5 Å². The summed E-state index contributed by atoms with van der Waals surface area (Å²) >= 11 is 6.63. The van der Waals surface area contributed by atoms with Crippen molar-refractivity contribution in [3.63, 3.8) is 0 Å². The van der Waals surface area contributed by atoms with Crippen LogP contribution < -0.4 is 5.32 Å². The van der Waals surface area contributed by atoms with Crippen molar-refractivity contribution in [3.05, 3.63) is 107 Å². The fourth-order valence-electron chi connectivity index (χ4n) is 4.60. The molecule has 0 radical (unpaired) electrons. The number of rotatable bonds is 5. The summed E-state index contributed by atoms with van der Waals surface area (Å²) in [7, 11) is 1.65. The van der Waals surface area contributed by atoms with Gasteiger partial charge in [-0.1, -0.05) is 48.0 Å². The van der Waals surface area contributed by atoms with Gasteiger partial charge >= 0.3 is 5.97 Å². The van der Waals surface area contributed by atoms with E-state index in [1.54, 1.807) is 36.3 Å². The molecule has 0 aliphatic carbocycles. The predicted molar refractivity (Wildman–Crippen MR) is 146 cm³/mol. The minimum Gasteiger partial charge on any atom is -0.477 e. The molecule has 2 aromatic heterocycles. The molecule has 0 fully saturated rings. The predicted octanol–water partition coefficient (Wildman–Crippen LogP) is 5.78. The van der Waals surface area contributed by atoms with Crippen LogP contribution in [0.3, 0.4) is 0 Å². The first kappa shape index (κ1) is 23.4. The fraction of sp³-hybridized carbons (Fsp3) is 0.0345. The van der Waals surface area contributed by atoms with E-state index in [9.17, 15) is 14.7 Å². The molecule has 9 heteroatoms. The highest BCUT2D eigenvalue weighted by Crippen LogP contribution is 2.41. The summed E-state index contributed by atoms with van der Waals surface area (Å²) in [6.45, 7) is 0. The van der Waals surface area contributed by atoms with Crippen molar-refractivity contribution in [2.75, 3.05) is 5.32 Å². The van der Waals surface area contributed by atoms with Gasteiger partial charge < -0.3 is 15.0 Å². The Morgan fingerprint density at radius 2 is 1.63 bits per heavy atom. The largest absolute Gasteiger partial charge is 0.477 e. The number of hydrogen-bond acceptors (Lipinski definition) is 4. The number of aromatic nitrogens is 4. The molecule has 186 valence electrons. The van der Waals surface area contributed by atoms with Gasteiger partial charge in [0.05, 0.1) is 22.0 Å². The number of hydrogen-bond donors (Lipinski definition) is 2. The van der Waals surface area contributed by atoms with Crippen molar-refractivity contribution in [1.29, 1.82) is 0 Å². The van der Waals surface area contributed by atoms with Gasteiger partial charge in [-0.3, -0.25) is 4.79 Å². The zero-order chi connectivity index (χ0) is 26.4. The van der Waals surface area contributed by atoms with Crippen LogP contribution in [0.15, 0.2) is 85.5 Å². The zero-order valence-corrected chi connectivity index (χ0v) is 20.8. The number of halogens is 1. The van der Waals surface area contributed by atoms with Gasteiger partial charge in [0, 0.05) is 23.9 Å². The number of nitrogens with one attached hydrogen (secondary N) is 1. The third-order valence-corrected chi connectivity index (χ3v) is 6.95. The molecule has 2 N–H and O–H groups in total. The van der Waals surface area contributed by atoms with E-state index in [1.807, 2.05) is 54.6 Å². The molecule has 3 aromatic carbocycles. The van der Waals surface area contributed by atoms with Crippen LogP contribution in [0.4, 0.5) is 5.69 Å². The molecule has 5 aromatic rings. The number of carbonyl (C=O) groups is 2. The number of carbonyl (C=O) groups excluding carboxylic acids is 1. The highest BCUT2D eigenvalue weighted by atomic mass is 35.5. The van der Waals surface area contributed by atoms with Gasteiger partial charge in [-0.25, -0.2) is 14.5 Å². The molecule has 1 amide bonds. The minimum absolute atomic E-state index is 0.139. The molecule has 0 spiro atoms. The Kier molecular flexibility index (Phi) is 5.66. The number of carboxylic acids is 1. The van der Waals surface area contributed by atoms with Crippen LogP contribution in [-0.2, 0) is 11.8 Å². The van der Waals surface area contributed by atoms with Crippen molar-refractivity contribution in [1.82, 2.24) is 19.3 Å². The van der Waals surface area contributed by atoms with Crippen LogP contribution in [-0.4, -0.2) is 36.3 Å². The minimum atomic E-state index is -1.03. The molecular formula is C29H20ClN5O3. The topological polar surface area (TPSA) is 102 Å². The van der Waals surface area contributed by atoms with E-state index >= 15 is 0 Å². The van der Waals surface area contributed by atoms with E-state index in [0.717, 1.165) is 27.9 Å². The standard InChI is InChI=1S/C29H20ClN5O3/c1-34-21(10-11-27(34)29(37)38)12-24-23-13-22(25(30)14-26(23)33-28(24)36)19-4-2-17(3-5-19)18-6-8-20(9-7-18)35-16-31-15-32-35/h2-16H,1H3,(H,33,36)(H,37,38)/b24-12-. The van der Waals surface area contributed by atoms with Crippen LogP contribution in [0.5, 0.6) is 0 Å². The highest BCUT2D eigenvalue weighted by Gasteiger charge is 2.26. The number of anilines is 1. The number of amides is 1. The van der Waals surface area contributed by atoms with Gasteiger partial charge in [-0.15, -0.1) is 0 Å². The van der Waals surface area contributed by atoms with Gasteiger partial charge in [0.1, 0.15) is 18.3 Å². The number of carboxylic acid groups (broad SMARTS) is 1. The summed E-state index contributed by atoms with van der Waals surface area (Å²) in [5.41, 5.74) is 7.25. The van der Waals surface area contributed by atoms with E-state index in [1.165, 1.54) is 17.0 Å². The number of fused-ring (bicyclic) bond motifs is 1. The Labute approximate surface area is 222 Å². The summed E-state index contributed by atoms with van der Waals surface area (Å²) < 4.78 is 3.24. The average molecular weight is 522 g/mol.